The maximum Gasteiger partial charge on any atom is 0.573 e. The van der Waals surface area contributed by atoms with Crippen LogP contribution in [0.1, 0.15) is 31.2 Å². The molecule has 0 radical (unpaired) electrons. The summed E-state index contributed by atoms with van der Waals surface area (Å²) in [6, 6.07) is 13.5. The number of nitro groups is 1. The van der Waals surface area contributed by atoms with Gasteiger partial charge in [-0.3, -0.25) is 10.1 Å². The van der Waals surface area contributed by atoms with Crippen molar-refractivity contribution in [2.75, 3.05) is 17.2 Å². The first-order valence-corrected chi connectivity index (χ1v) is 13.9. The molecule has 2 aromatic carbocycles. The van der Waals surface area contributed by atoms with Crippen molar-refractivity contribution in [3.05, 3.63) is 76.5 Å². The fourth-order valence-corrected chi connectivity index (χ4v) is 5.71. The average Bonchev–Trinajstić information content (AvgIpc) is 2.91. The van der Waals surface area contributed by atoms with Gasteiger partial charge < -0.3 is 15.4 Å². The molecule has 214 valence electrons. The van der Waals surface area contributed by atoms with Gasteiger partial charge in [-0.2, -0.15) is 4.98 Å². The number of anilines is 2. The maximum atomic E-state index is 12.7. The minimum Gasteiger partial charge on any atom is -0.405 e. The Labute approximate surface area is 228 Å². The van der Waals surface area contributed by atoms with Crippen LogP contribution in [0.5, 0.6) is 5.75 Å². The number of rotatable bonds is 11. The quantitative estimate of drug-likeness (QED) is 0.214. The summed E-state index contributed by atoms with van der Waals surface area (Å²) in [5.74, 6) is -0.317. The lowest BCUT2D eigenvalue weighted by Gasteiger charge is -2.29. The molecule has 11 nitrogen and oxygen atoms in total. The number of aromatic nitrogens is 2. The highest BCUT2D eigenvalue weighted by Crippen LogP contribution is 2.29. The molecule has 3 N–H and O–H groups in total. The standard InChI is InChI=1S/C25H27F3N6O5S/c26-25(27,28)39-22-9-5-4-6-18(22)15-30-24-31-16-21(34(35)36)23(32-24)29-14-17-10-12-19(13-11-17)33-40(37,38)20-7-2-1-3-8-20/h1-9,16-17,19,33H,10-15H2,(H2,29,30,31,32). The lowest BCUT2D eigenvalue weighted by Crippen LogP contribution is -2.38. The summed E-state index contributed by atoms with van der Waals surface area (Å²) in [5, 5.41) is 17.3. The average molecular weight is 581 g/mol. The molecular formula is C25H27F3N6O5S. The van der Waals surface area contributed by atoms with Crippen LogP contribution in [-0.2, 0) is 16.6 Å². The van der Waals surface area contributed by atoms with Gasteiger partial charge in [-0.25, -0.2) is 18.1 Å². The number of sulfonamides is 1. The second-order valence-corrected chi connectivity index (χ2v) is 10.9. The fourth-order valence-electron chi connectivity index (χ4n) is 4.39. The molecule has 0 bridgehead atoms. The van der Waals surface area contributed by atoms with E-state index in [4.69, 9.17) is 0 Å². The van der Waals surface area contributed by atoms with Crippen molar-refractivity contribution in [3.8, 4) is 5.75 Å². The molecule has 0 spiro atoms. The Morgan fingerprint density at radius 2 is 1.68 bits per heavy atom. The predicted molar refractivity (Wildman–Crippen MR) is 140 cm³/mol. The lowest BCUT2D eigenvalue weighted by molar-refractivity contribution is -0.384. The maximum absolute atomic E-state index is 12.7. The van der Waals surface area contributed by atoms with Crippen LogP contribution >= 0.6 is 0 Å². The van der Waals surface area contributed by atoms with E-state index >= 15 is 0 Å². The first kappa shape index (κ1) is 29.0. The van der Waals surface area contributed by atoms with E-state index in [9.17, 15) is 31.7 Å². The summed E-state index contributed by atoms with van der Waals surface area (Å²) in [6.07, 6.45) is -1.25. The number of nitrogens with zero attached hydrogens (tertiary/aromatic N) is 3. The van der Waals surface area contributed by atoms with Crippen molar-refractivity contribution < 1.29 is 31.2 Å². The molecule has 0 unspecified atom stereocenters. The molecule has 0 atom stereocenters. The van der Waals surface area contributed by atoms with Gasteiger partial charge in [0.25, 0.3) is 0 Å². The lowest BCUT2D eigenvalue weighted by atomic mass is 9.86. The van der Waals surface area contributed by atoms with E-state index in [1.54, 1.807) is 24.3 Å². The van der Waals surface area contributed by atoms with E-state index in [0.717, 1.165) is 6.20 Å². The van der Waals surface area contributed by atoms with Crippen molar-refractivity contribution in [1.82, 2.24) is 14.7 Å². The summed E-state index contributed by atoms with van der Waals surface area (Å²) in [7, 11) is -3.62. The zero-order valence-corrected chi connectivity index (χ0v) is 21.9. The van der Waals surface area contributed by atoms with Crippen LogP contribution in [0.25, 0.3) is 0 Å². The highest BCUT2D eigenvalue weighted by atomic mass is 32.2. The normalized spacial score (nSPS) is 17.7. The van der Waals surface area contributed by atoms with E-state index in [2.05, 4.69) is 30.1 Å². The zero-order chi connectivity index (χ0) is 28.8. The molecule has 1 fully saturated rings. The number of halogens is 3. The first-order valence-electron chi connectivity index (χ1n) is 12.4. The number of hydrogen-bond donors (Lipinski definition) is 3. The van der Waals surface area contributed by atoms with Crippen molar-refractivity contribution in [2.24, 2.45) is 5.92 Å². The summed E-state index contributed by atoms with van der Waals surface area (Å²) in [6.45, 7) is 0.240. The van der Waals surface area contributed by atoms with Gasteiger partial charge in [-0.05, 0) is 49.8 Å². The van der Waals surface area contributed by atoms with E-state index < -0.39 is 21.3 Å². The summed E-state index contributed by atoms with van der Waals surface area (Å²) < 4.78 is 70.0. The molecule has 0 saturated heterocycles. The van der Waals surface area contributed by atoms with Crippen LogP contribution in [0.15, 0.2) is 65.7 Å². The van der Waals surface area contributed by atoms with Gasteiger partial charge >= 0.3 is 12.0 Å². The molecule has 1 saturated carbocycles. The molecule has 3 aromatic rings. The number of para-hydroxylation sites is 1. The topological polar surface area (TPSA) is 148 Å². The van der Waals surface area contributed by atoms with Crippen molar-refractivity contribution >= 4 is 27.5 Å². The van der Waals surface area contributed by atoms with Gasteiger partial charge in [0.05, 0.1) is 9.82 Å². The van der Waals surface area contributed by atoms with Crippen LogP contribution in [-0.4, -0.2) is 42.3 Å². The molecule has 1 aromatic heterocycles. The first-order chi connectivity index (χ1) is 19.0. The van der Waals surface area contributed by atoms with Gasteiger partial charge in [0, 0.05) is 24.7 Å². The van der Waals surface area contributed by atoms with Crippen LogP contribution in [0.3, 0.4) is 0 Å². The second-order valence-electron chi connectivity index (χ2n) is 9.23. The third-order valence-electron chi connectivity index (χ3n) is 6.38. The molecule has 1 heterocycles. The summed E-state index contributed by atoms with van der Waals surface area (Å²) >= 11 is 0. The Morgan fingerprint density at radius 3 is 2.35 bits per heavy atom. The zero-order valence-electron chi connectivity index (χ0n) is 21.1. The van der Waals surface area contributed by atoms with Crippen LogP contribution in [0, 0.1) is 16.0 Å². The minimum atomic E-state index is -4.86. The molecule has 1 aliphatic rings. The molecule has 1 aliphatic carbocycles. The van der Waals surface area contributed by atoms with E-state index in [0.29, 0.717) is 32.2 Å². The summed E-state index contributed by atoms with van der Waals surface area (Å²) in [5.41, 5.74) is -0.161. The third kappa shape index (κ3) is 8.02. The van der Waals surface area contributed by atoms with Gasteiger partial charge in [-0.1, -0.05) is 36.4 Å². The van der Waals surface area contributed by atoms with Crippen LogP contribution < -0.4 is 20.1 Å². The van der Waals surface area contributed by atoms with Gasteiger partial charge in [0.2, 0.25) is 21.8 Å². The van der Waals surface area contributed by atoms with Crippen LogP contribution in [0.2, 0.25) is 0 Å². The largest absolute Gasteiger partial charge is 0.573 e. The highest BCUT2D eigenvalue weighted by Gasteiger charge is 2.32. The Kier molecular flexibility index (Phi) is 9.04. The number of benzene rings is 2. The third-order valence-corrected chi connectivity index (χ3v) is 7.92. The molecule has 15 heteroatoms. The highest BCUT2D eigenvalue weighted by molar-refractivity contribution is 7.89. The SMILES string of the molecule is O=[N+]([O-])c1cnc(NCc2ccccc2OC(F)(F)F)nc1NCC1CCC(NS(=O)(=O)c2ccccc2)CC1. The molecular weight excluding hydrogens is 553 g/mol. The Hall–Kier alpha value is -3.98. The second kappa shape index (κ2) is 12.5. The van der Waals surface area contributed by atoms with E-state index in [1.165, 1.54) is 30.3 Å². The van der Waals surface area contributed by atoms with Crippen molar-refractivity contribution in [1.29, 1.82) is 0 Å². The summed E-state index contributed by atoms with van der Waals surface area (Å²) in [4.78, 5) is 19.2. The minimum absolute atomic E-state index is 0.0195. The van der Waals surface area contributed by atoms with Crippen molar-refractivity contribution in [3.63, 3.8) is 0 Å². The number of nitrogens with one attached hydrogen (secondary N) is 3. The fraction of sp³-hybridized carbons (Fsp3) is 0.360. The van der Waals surface area contributed by atoms with Crippen LogP contribution in [0.4, 0.5) is 30.6 Å². The Balaban J connectivity index is 1.34. The molecule has 0 amide bonds. The number of hydrogen-bond acceptors (Lipinski definition) is 9. The number of alkyl halides is 3. The molecule has 40 heavy (non-hydrogen) atoms. The molecule has 0 aliphatic heterocycles. The predicted octanol–water partition coefficient (Wildman–Crippen LogP) is 4.84. The van der Waals surface area contributed by atoms with Crippen molar-refractivity contribution in [2.45, 2.75) is 49.5 Å². The Bertz CT molecular complexity index is 1420. The van der Waals surface area contributed by atoms with E-state index in [1.807, 2.05) is 0 Å². The van der Waals surface area contributed by atoms with E-state index in [-0.39, 0.29) is 52.2 Å². The molecule has 4 rings (SSSR count). The number of ether oxygens (including phenoxy) is 1. The Morgan fingerprint density at radius 1 is 1.00 bits per heavy atom. The monoisotopic (exact) mass is 580 g/mol. The van der Waals surface area contributed by atoms with Gasteiger partial charge in [-0.15, -0.1) is 13.2 Å². The van der Waals surface area contributed by atoms with Gasteiger partial charge in [0.1, 0.15) is 11.9 Å². The smallest absolute Gasteiger partial charge is 0.405 e. The van der Waals surface area contributed by atoms with Gasteiger partial charge in [0.15, 0.2) is 0 Å².